The molecule has 0 unspecified atom stereocenters. The smallest absolute Gasteiger partial charge is 0.164 e. The van der Waals surface area contributed by atoms with E-state index >= 15 is 0 Å². The molecular formula is C43H29N5O. The van der Waals surface area contributed by atoms with E-state index in [0.29, 0.717) is 17.5 Å². The normalized spacial score (nSPS) is 10.9. The molecule has 8 aromatic rings. The number of pyridine rings is 2. The Balaban J connectivity index is 1.06. The zero-order chi connectivity index (χ0) is 32.8. The standard InChI is InChI=1S/C43H29N5O/c1-3-9-31(10-4-1)41-46-42(32-11-5-2-6-12-32)48-43(47-41)33-17-21-40(22-18-33)49-39-19-15-30(16-20-39)36-25-37(34-13-7-23-44-28-34)27-38(26-36)35-14-8-24-45-29-35/h1-29H. The van der Waals surface area contributed by atoms with Gasteiger partial charge in [0.25, 0.3) is 0 Å². The lowest BCUT2D eigenvalue weighted by Crippen LogP contribution is -2.00. The van der Waals surface area contributed by atoms with Gasteiger partial charge in [-0.15, -0.1) is 0 Å². The first-order chi connectivity index (χ1) is 24.2. The van der Waals surface area contributed by atoms with Gasteiger partial charge in [0.05, 0.1) is 0 Å². The summed E-state index contributed by atoms with van der Waals surface area (Å²) in [5.41, 5.74) is 9.22. The van der Waals surface area contributed by atoms with Gasteiger partial charge in [0, 0.05) is 52.6 Å². The van der Waals surface area contributed by atoms with Crippen LogP contribution in [0, 0.1) is 0 Å². The van der Waals surface area contributed by atoms with Gasteiger partial charge in [0.15, 0.2) is 17.5 Å². The molecule has 0 atom stereocenters. The molecule has 0 saturated carbocycles. The highest BCUT2D eigenvalue weighted by Crippen LogP contribution is 2.34. The molecule has 0 aliphatic heterocycles. The first kappa shape index (κ1) is 29.6. The van der Waals surface area contributed by atoms with Gasteiger partial charge in [0.2, 0.25) is 0 Å². The number of aromatic nitrogens is 5. The van der Waals surface area contributed by atoms with E-state index in [2.05, 4.69) is 52.4 Å². The number of hydrogen-bond donors (Lipinski definition) is 0. The summed E-state index contributed by atoms with van der Waals surface area (Å²) in [6.07, 6.45) is 7.36. The Bertz CT molecular complexity index is 2030. The van der Waals surface area contributed by atoms with Crippen molar-refractivity contribution in [1.29, 1.82) is 0 Å². The molecule has 6 nitrogen and oxygen atoms in total. The number of ether oxygens (including phenoxy) is 1. The highest BCUT2D eigenvalue weighted by molar-refractivity contribution is 5.81. The summed E-state index contributed by atoms with van der Waals surface area (Å²) >= 11 is 0. The average molecular weight is 632 g/mol. The predicted molar refractivity (Wildman–Crippen MR) is 195 cm³/mol. The summed E-state index contributed by atoms with van der Waals surface area (Å²) in [7, 11) is 0. The Morgan fingerprint density at radius 1 is 0.306 bits per heavy atom. The zero-order valence-corrected chi connectivity index (χ0v) is 26.4. The number of benzene rings is 5. The second kappa shape index (κ2) is 13.5. The molecular weight excluding hydrogens is 603 g/mol. The Labute approximate surface area is 284 Å². The maximum atomic E-state index is 6.26. The quantitative estimate of drug-likeness (QED) is 0.166. The van der Waals surface area contributed by atoms with E-state index < -0.39 is 0 Å². The second-order valence-corrected chi connectivity index (χ2v) is 11.5. The lowest BCUT2D eigenvalue weighted by molar-refractivity contribution is 0.483. The highest BCUT2D eigenvalue weighted by atomic mass is 16.5. The lowest BCUT2D eigenvalue weighted by atomic mass is 9.94. The van der Waals surface area contributed by atoms with E-state index in [9.17, 15) is 0 Å². The molecule has 3 heterocycles. The van der Waals surface area contributed by atoms with Crippen molar-refractivity contribution in [3.63, 3.8) is 0 Å². The van der Waals surface area contributed by atoms with Crippen LogP contribution in [0.1, 0.15) is 0 Å². The van der Waals surface area contributed by atoms with Gasteiger partial charge in [-0.3, -0.25) is 9.97 Å². The van der Waals surface area contributed by atoms with Crippen LogP contribution in [0.2, 0.25) is 0 Å². The van der Waals surface area contributed by atoms with Crippen molar-refractivity contribution >= 4 is 0 Å². The van der Waals surface area contributed by atoms with Crippen molar-refractivity contribution in [3.05, 3.63) is 176 Å². The molecule has 5 aromatic carbocycles. The summed E-state index contributed by atoms with van der Waals surface area (Å²) in [5.74, 6) is 3.31. The van der Waals surface area contributed by atoms with Crippen molar-refractivity contribution in [2.45, 2.75) is 0 Å². The van der Waals surface area contributed by atoms with E-state index in [4.69, 9.17) is 19.7 Å². The molecule has 0 spiro atoms. The van der Waals surface area contributed by atoms with Gasteiger partial charge in [0.1, 0.15) is 11.5 Å². The third-order valence-corrected chi connectivity index (χ3v) is 8.16. The molecule has 0 aliphatic carbocycles. The molecule has 232 valence electrons. The van der Waals surface area contributed by atoms with Crippen molar-refractivity contribution in [2.75, 3.05) is 0 Å². The van der Waals surface area contributed by atoms with Crippen LogP contribution in [0.15, 0.2) is 176 Å². The van der Waals surface area contributed by atoms with Gasteiger partial charge in [-0.1, -0.05) is 84.9 Å². The summed E-state index contributed by atoms with van der Waals surface area (Å²) in [6, 6.07) is 50.6. The molecule has 0 aliphatic rings. The first-order valence-electron chi connectivity index (χ1n) is 16.0. The molecule has 3 aromatic heterocycles. The molecule has 0 radical (unpaired) electrons. The van der Waals surface area contributed by atoms with Crippen LogP contribution in [0.4, 0.5) is 0 Å². The second-order valence-electron chi connectivity index (χ2n) is 11.5. The Morgan fingerprint density at radius 3 is 1.08 bits per heavy atom. The molecule has 8 rings (SSSR count). The average Bonchev–Trinajstić information content (AvgIpc) is 3.19. The van der Waals surface area contributed by atoms with E-state index in [0.717, 1.165) is 61.6 Å². The van der Waals surface area contributed by atoms with Crippen LogP contribution in [0.5, 0.6) is 11.5 Å². The third kappa shape index (κ3) is 6.70. The van der Waals surface area contributed by atoms with Crippen LogP contribution in [0.3, 0.4) is 0 Å². The third-order valence-electron chi connectivity index (χ3n) is 8.16. The fourth-order valence-electron chi connectivity index (χ4n) is 5.66. The summed E-state index contributed by atoms with van der Waals surface area (Å²) in [6.45, 7) is 0. The van der Waals surface area contributed by atoms with Crippen LogP contribution < -0.4 is 4.74 Å². The predicted octanol–water partition coefficient (Wildman–Crippen LogP) is 10.5. The SMILES string of the molecule is c1ccc(-c2nc(-c3ccccc3)nc(-c3ccc(Oc4ccc(-c5cc(-c6cccnc6)cc(-c6cccnc6)c5)cc4)cc3)n2)cc1. The van der Waals surface area contributed by atoms with E-state index in [1.807, 2.05) is 122 Å². The summed E-state index contributed by atoms with van der Waals surface area (Å²) in [5, 5.41) is 0. The fourth-order valence-corrected chi connectivity index (χ4v) is 5.66. The maximum Gasteiger partial charge on any atom is 0.164 e. The van der Waals surface area contributed by atoms with Crippen molar-refractivity contribution in [1.82, 2.24) is 24.9 Å². The van der Waals surface area contributed by atoms with Crippen molar-refractivity contribution in [2.24, 2.45) is 0 Å². The molecule has 0 saturated heterocycles. The van der Waals surface area contributed by atoms with Crippen molar-refractivity contribution < 1.29 is 4.74 Å². The number of rotatable bonds is 8. The molecule has 0 N–H and O–H groups in total. The van der Waals surface area contributed by atoms with E-state index in [1.54, 1.807) is 12.4 Å². The number of nitrogens with zero attached hydrogens (tertiary/aromatic N) is 5. The van der Waals surface area contributed by atoms with Gasteiger partial charge < -0.3 is 4.74 Å². The maximum absolute atomic E-state index is 6.26. The zero-order valence-electron chi connectivity index (χ0n) is 26.4. The molecule has 49 heavy (non-hydrogen) atoms. The molecule has 0 bridgehead atoms. The molecule has 0 fully saturated rings. The van der Waals surface area contributed by atoms with Gasteiger partial charge in [-0.25, -0.2) is 15.0 Å². The Hall–Kier alpha value is -6.79. The van der Waals surface area contributed by atoms with Crippen molar-refractivity contribution in [3.8, 4) is 79.0 Å². The minimum Gasteiger partial charge on any atom is -0.457 e. The monoisotopic (exact) mass is 631 g/mol. The summed E-state index contributed by atoms with van der Waals surface area (Å²) < 4.78 is 6.26. The molecule has 0 amide bonds. The van der Waals surface area contributed by atoms with Crippen LogP contribution >= 0.6 is 0 Å². The lowest BCUT2D eigenvalue weighted by Gasteiger charge is -2.12. The summed E-state index contributed by atoms with van der Waals surface area (Å²) in [4.78, 5) is 23.1. The Kier molecular flexibility index (Phi) is 8.17. The number of hydrogen-bond acceptors (Lipinski definition) is 6. The Morgan fingerprint density at radius 2 is 0.673 bits per heavy atom. The van der Waals surface area contributed by atoms with E-state index in [1.165, 1.54) is 0 Å². The van der Waals surface area contributed by atoms with Gasteiger partial charge >= 0.3 is 0 Å². The minimum absolute atomic E-state index is 0.600. The van der Waals surface area contributed by atoms with Crippen LogP contribution in [0.25, 0.3) is 67.5 Å². The molecule has 6 heteroatoms. The minimum atomic E-state index is 0.600. The largest absolute Gasteiger partial charge is 0.457 e. The van der Waals surface area contributed by atoms with E-state index in [-0.39, 0.29) is 0 Å². The van der Waals surface area contributed by atoms with Gasteiger partial charge in [-0.05, 0) is 89.0 Å². The highest BCUT2D eigenvalue weighted by Gasteiger charge is 2.13. The van der Waals surface area contributed by atoms with Gasteiger partial charge in [-0.2, -0.15) is 0 Å². The van der Waals surface area contributed by atoms with Crippen LogP contribution in [-0.2, 0) is 0 Å². The first-order valence-corrected chi connectivity index (χ1v) is 16.0. The topological polar surface area (TPSA) is 73.7 Å². The van der Waals surface area contributed by atoms with Crippen LogP contribution in [-0.4, -0.2) is 24.9 Å². The fraction of sp³-hybridized carbons (Fsp3) is 0.